The number of aryl methyl sites for hydroxylation is 1. The fourth-order valence-electron chi connectivity index (χ4n) is 2.19. The van der Waals surface area contributed by atoms with Gasteiger partial charge in [0.1, 0.15) is 0 Å². The van der Waals surface area contributed by atoms with Gasteiger partial charge in [0.15, 0.2) is 0 Å². The van der Waals surface area contributed by atoms with Crippen LogP contribution in [0.25, 0.3) is 11.3 Å². The van der Waals surface area contributed by atoms with E-state index in [-0.39, 0.29) is 12.3 Å². The molecule has 8 heteroatoms. The molecule has 2 rings (SSSR count). The van der Waals surface area contributed by atoms with E-state index in [1.807, 2.05) is 13.2 Å². The summed E-state index contributed by atoms with van der Waals surface area (Å²) in [6.07, 6.45) is 1.92. The first-order valence-corrected chi connectivity index (χ1v) is 7.28. The van der Waals surface area contributed by atoms with E-state index in [0.717, 1.165) is 16.8 Å². The third-order valence-electron chi connectivity index (χ3n) is 3.23. The minimum atomic E-state index is -0.420. The van der Waals surface area contributed by atoms with Crippen molar-refractivity contribution >= 4 is 5.69 Å². The van der Waals surface area contributed by atoms with Crippen molar-refractivity contribution in [2.45, 2.75) is 6.54 Å². The topological polar surface area (TPSA) is 102 Å². The molecule has 0 spiro atoms. The second-order valence-electron chi connectivity index (χ2n) is 4.99. The number of non-ortho nitro benzene ring substituents is 1. The maximum atomic E-state index is 10.7. The van der Waals surface area contributed by atoms with E-state index in [1.165, 1.54) is 12.1 Å². The van der Waals surface area contributed by atoms with Crippen molar-refractivity contribution in [3.05, 3.63) is 46.1 Å². The number of nitrogens with zero attached hydrogens (tertiary/aromatic N) is 3. The first-order chi connectivity index (χ1) is 11.1. The van der Waals surface area contributed by atoms with Gasteiger partial charge in [0.2, 0.25) is 0 Å². The van der Waals surface area contributed by atoms with Crippen LogP contribution in [0, 0.1) is 10.1 Å². The lowest BCUT2D eigenvalue weighted by Gasteiger charge is -2.06. The largest absolute Gasteiger partial charge is 0.394 e. The zero-order valence-corrected chi connectivity index (χ0v) is 12.9. The summed E-state index contributed by atoms with van der Waals surface area (Å²) in [5, 5.41) is 27.0. The number of aliphatic hydroxyl groups is 1. The van der Waals surface area contributed by atoms with Crippen LogP contribution in [0.5, 0.6) is 0 Å². The Hall–Kier alpha value is -2.29. The third kappa shape index (κ3) is 4.85. The quantitative estimate of drug-likeness (QED) is 0.407. The van der Waals surface area contributed by atoms with Gasteiger partial charge < -0.3 is 15.2 Å². The lowest BCUT2D eigenvalue weighted by molar-refractivity contribution is -0.384. The molecule has 0 unspecified atom stereocenters. The van der Waals surface area contributed by atoms with Gasteiger partial charge in [0.05, 0.1) is 30.4 Å². The number of nitro benzene ring substituents is 1. The molecule has 8 nitrogen and oxygen atoms in total. The van der Waals surface area contributed by atoms with Gasteiger partial charge in [-0.05, 0) is 12.1 Å². The van der Waals surface area contributed by atoms with Crippen molar-refractivity contribution < 1.29 is 14.8 Å². The average Bonchev–Trinajstić information content (AvgIpc) is 2.91. The van der Waals surface area contributed by atoms with Crippen molar-refractivity contribution in [2.75, 3.05) is 26.4 Å². The molecule has 2 N–H and O–H groups in total. The lowest BCUT2D eigenvalue weighted by Crippen LogP contribution is -2.20. The van der Waals surface area contributed by atoms with Crippen molar-refractivity contribution in [1.29, 1.82) is 0 Å². The van der Waals surface area contributed by atoms with Gasteiger partial charge in [-0.25, -0.2) is 0 Å². The number of aromatic nitrogens is 2. The number of ether oxygens (including phenoxy) is 1. The third-order valence-corrected chi connectivity index (χ3v) is 3.23. The molecular formula is C15H20N4O4. The summed E-state index contributed by atoms with van der Waals surface area (Å²) in [7, 11) is 1.84. The molecule has 23 heavy (non-hydrogen) atoms. The highest BCUT2D eigenvalue weighted by atomic mass is 16.6. The zero-order valence-electron chi connectivity index (χ0n) is 12.9. The van der Waals surface area contributed by atoms with Crippen LogP contribution >= 0.6 is 0 Å². The second kappa shape index (κ2) is 8.37. The van der Waals surface area contributed by atoms with E-state index in [2.05, 4.69) is 10.4 Å². The first kappa shape index (κ1) is 17.1. The van der Waals surface area contributed by atoms with Crippen LogP contribution in [0.1, 0.15) is 5.56 Å². The molecule has 1 aromatic carbocycles. The van der Waals surface area contributed by atoms with E-state index >= 15 is 0 Å². The summed E-state index contributed by atoms with van der Waals surface area (Å²) >= 11 is 0. The number of aliphatic hydroxyl groups excluding tert-OH is 1. The molecule has 0 aliphatic carbocycles. The zero-order chi connectivity index (χ0) is 16.7. The van der Waals surface area contributed by atoms with Gasteiger partial charge in [-0.3, -0.25) is 14.8 Å². The van der Waals surface area contributed by atoms with Crippen LogP contribution in [-0.4, -0.2) is 46.2 Å². The number of hydrogen-bond donors (Lipinski definition) is 2. The van der Waals surface area contributed by atoms with Crippen molar-refractivity contribution in [2.24, 2.45) is 7.05 Å². The molecule has 0 bridgehead atoms. The first-order valence-electron chi connectivity index (χ1n) is 7.28. The fraction of sp³-hybridized carbons (Fsp3) is 0.400. The highest BCUT2D eigenvalue weighted by Gasteiger charge is 2.12. The molecule has 0 aliphatic rings. The monoisotopic (exact) mass is 320 g/mol. The van der Waals surface area contributed by atoms with Crippen molar-refractivity contribution in [3.63, 3.8) is 0 Å². The van der Waals surface area contributed by atoms with E-state index in [0.29, 0.717) is 26.3 Å². The van der Waals surface area contributed by atoms with Crippen LogP contribution in [0.3, 0.4) is 0 Å². The lowest BCUT2D eigenvalue weighted by atomic mass is 10.1. The molecule has 1 heterocycles. The Bertz CT molecular complexity index is 639. The molecular weight excluding hydrogens is 300 g/mol. The number of rotatable bonds is 9. The highest BCUT2D eigenvalue weighted by Crippen LogP contribution is 2.24. The van der Waals surface area contributed by atoms with Gasteiger partial charge in [-0.2, -0.15) is 5.10 Å². The Kier molecular flexibility index (Phi) is 6.21. The van der Waals surface area contributed by atoms with Gasteiger partial charge in [0.25, 0.3) is 5.69 Å². The Morgan fingerprint density at radius 1 is 1.35 bits per heavy atom. The molecule has 0 saturated carbocycles. The normalized spacial score (nSPS) is 10.9. The van der Waals surface area contributed by atoms with Gasteiger partial charge in [-0.1, -0.05) is 0 Å². The van der Waals surface area contributed by atoms with Gasteiger partial charge in [0, 0.05) is 49.6 Å². The Morgan fingerprint density at radius 3 is 2.74 bits per heavy atom. The molecule has 0 saturated heterocycles. The van der Waals surface area contributed by atoms with Crippen molar-refractivity contribution in [3.8, 4) is 11.3 Å². The fourth-order valence-corrected chi connectivity index (χ4v) is 2.19. The van der Waals surface area contributed by atoms with E-state index < -0.39 is 4.92 Å². The second-order valence-corrected chi connectivity index (χ2v) is 4.99. The number of nitrogens with one attached hydrogen (secondary N) is 1. The molecule has 0 atom stereocenters. The summed E-state index contributed by atoms with van der Waals surface area (Å²) in [6, 6.07) is 6.36. The molecule has 0 aliphatic heterocycles. The van der Waals surface area contributed by atoms with Gasteiger partial charge in [-0.15, -0.1) is 0 Å². The Labute approximate surface area is 133 Å². The number of benzene rings is 1. The Morgan fingerprint density at radius 2 is 2.09 bits per heavy atom. The molecule has 1 aromatic heterocycles. The molecule has 124 valence electrons. The van der Waals surface area contributed by atoms with Crippen LogP contribution < -0.4 is 5.32 Å². The molecule has 0 radical (unpaired) electrons. The Balaban J connectivity index is 2.00. The maximum Gasteiger partial charge on any atom is 0.269 e. The van der Waals surface area contributed by atoms with Crippen molar-refractivity contribution in [1.82, 2.24) is 15.1 Å². The van der Waals surface area contributed by atoms with E-state index in [4.69, 9.17) is 9.84 Å². The smallest absolute Gasteiger partial charge is 0.269 e. The SMILES string of the molecule is Cn1cc(CNCCOCCO)c(-c2ccc([N+](=O)[O-])cc2)n1. The summed E-state index contributed by atoms with van der Waals surface area (Å²) in [6.45, 7) is 2.15. The number of nitro groups is 1. The standard InChI is InChI=1S/C15H20N4O4/c1-18-11-13(10-16-6-8-23-9-7-20)15(17-18)12-2-4-14(5-3-12)19(21)22/h2-5,11,16,20H,6-10H2,1H3. The minimum absolute atomic E-state index is 0.0207. The summed E-state index contributed by atoms with van der Waals surface area (Å²) in [4.78, 5) is 10.3. The summed E-state index contributed by atoms with van der Waals surface area (Å²) in [5.74, 6) is 0. The average molecular weight is 320 g/mol. The van der Waals surface area contributed by atoms with E-state index in [9.17, 15) is 10.1 Å². The highest BCUT2D eigenvalue weighted by molar-refractivity contribution is 5.64. The summed E-state index contributed by atoms with van der Waals surface area (Å²) in [5.41, 5.74) is 2.70. The van der Waals surface area contributed by atoms with Gasteiger partial charge >= 0.3 is 0 Å². The van der Waals surface area contributed by atoms with Crippen LogP contribution in [0.4, 0.5) is 5.69 Å². The van der Waals surface area contributed by atoms with Crippen LogP contribution in [-0.2, 0) is 18.3 Å². The molecule has 0 amide bonds. The maximum absolute atomic E-state index is 10.7. The predicted octanol–water partition coefficient (Wildman–Crippen LogP) is 1.09. The number of hydrogen-bond acceptors (Lipinski definition) is 6. The van der Waals surface area contributed by atoms with Crippen LogP contribution in [0.15, 0.2) is 30.5 Å². The molecule has 0 fully saturated rings. The molecule has 2 aromatic rings. The van der Waals surface area contributed by atoms with E-state index in [1.54, 1.807) is 16.8 Å². The summed E-state index contributed by atoms with van der Waals surface area (Å²) < 4.78 is 6.90. The van der Waals surface area contributed by atoms with Crippen LogP contribution in [0.2, 0.25) is 0 Å². The minimum Gasteiger partial charge on any atom is -0.394 e. The predicted molar refractivity (Wildman–Crippen MR) is 84.9 cm³/mol.